The summed E-state index contributed by atoms with van der Waals surface area (Å²) in [5.74, 6) is -0.309. The van der Waals surface area contributed by atoms with E-state index in [0.717, 1.165) is 17.2 Å². The highest BCUT2D eigenvalue weighted by Gasteiger charge is 2.18. The van der Waals surface area contributed by atoms with E-state index in [9.17, 15) is 13.2 Å². The Balaban J connectivity index is 1.73. The molecule has 8 nitrogen and oxygen atoms in total. The van der Waals surface area contributed by atoms with Crippen molar-refractivity contribution in [3.8, 4) is 11.4 Å². The number of aryl methyl sites for hydroxylation is 1. The predicted octanol–water partition coefficient (Wildman–Crippen LogP) is 2.70. The number of hydrogen-bond acceptors (Lipinski definition) is 7. The summed E-state index contributed by atoms with van der Waals surface area (Å²) in [7, 11) is -4.07. The third-order valence-electron chi connectivity index (χ3n) is 3.65. The van der Waals surface area contributed by atoms with Gasteiger partial charge in [0.2, 0.25) is 15.8 Å². The van der Waals surface area contributed by atoms with Gasteiger partial charge in [0.05, 0.1) is 10.6 Å². The third-order valence-corrected chi connectivity index (χ3v) is 5.05. The first-order valence-electron chi connectivity index (χ1n) is 7.64. The molecule has 0 unspecified atom stereocenters. The molecule has 27 heavy (non-hydrogen) atoms. The molecule has 2 N–H and O–H groups in total. The molecule has 3 aromatic rings. The second-order valence-electron chi connectivity index (χ2n) is 5.59. The van der Waals surface area contributed by atoms with Gasteiger partial charge in [-0.15, -0.1) is 0 Å². The lowest BCUT2D eigenvalue weighted by molar-refractivity contribution is 0.0429. The Morgan fingerprint density at radius 2 is 2.00 bits per heavy atom. The quantitative estimate of drug-likeness (QED) is 0.644. The number of halogens is 1. The van der Waals surface area contributed by atoms with E-state index in [0.29, 0.717) is 5.82 Å². The number of aromatic nitrogens is 2. The van der Waals surface area contributed by atoms with E-state index >= 15 is 0 Å². The third kappa shape index (κ3) is 4.33. The molecular weight excluding hydrogens is 394 g/mol. The summed E-state index contributed by atoms with van der Waals surface area (Å²) >= 11 is 5.79. The molecule has 0 aliphatic carbocycles. The van der Waals surface area contributed by atoms with Crippen LogP contribution in [0.3, 0.4) is 0 Å². The number of primary sulfonamides is 1. The van der Waals surface area contributed by atoms with Gasteiger partial charge in [-0.3, -0.25) is 0 Å². The van der Waals surface area contributed by atoms with Crippen LogP contribution in [0.5, 0.6) is 0 Å². The van der Waals surface area contributed by atoms with Crippen molar-refractivity contribution in [2.75, 3.05) is 0 Å². The molecule has 0 bridgehead atoms. The van der Waals surface area contributed by atoms with Crippen LogP contribution in [0.1, 0.15) is 21.8 Å². The molecule has 0 saturated heterocycles. The van der Waals surface area contributed by atoms with Gasteiger partial charge in [-0.25, -0.2) is 18.4 Å². The monoisotopic (exact) mass is 407 g/mol. The highest BCUT2D eigenvalue weighted by Crippen LogP contribution is 2.23. The first-order valence-corrected chi connectivity index (χ1v) is 9.56. The minimum Gasteiger partial charge on any atom is -0.452 e. The first kappa shape index (κ1) is 19.0. The van der Waals surface area contributed by atoms with Crippen molar-refractivity contribution in [2.45, 2.75) is 18.4 Å². The number of rotatable bonds is 5. The Labute approximate surface area is 160 Å². The summed E-state index contributed by atoms with van der Waals surface area (Å²) in [5.41, 5.74) is 1.75. The van der Waals surface area contributed by atoms with E-state index in [2.05, 4.69) is 10.1 Å². The second-order valence-corrected chi connectivity index (χ2v) is 7.53. The van der Waals surface area contributed by atoms with E-state index < -0.39 is 16.0 Å². The van der Waals surface area contributed by atoms with Crippen LogP contribution in [-0.4, -0.2) is 24.5 Å². The number of carbonyl (C=O) groups excluding carboxylic acids is 1. The highest BCUT2D eigenvalue weighted by molar-refractivity contribution is 7.89. The van der Waals surface area contributed by atoms with Gasteiger partial charge in [-0.05, 0) is 30.7 Å². The average Bonchev–Trinajstić information content (AvgIpc) is 3.08. The van der Waals surface area contributed by atoms with Crippen molar-refractivity contribution in [1.82, 2.24) is 10.1 Å². The standard InChI is InChI=1S/C17H14ClN3O5S/c1-10-4-2-3-5-12(10)16-20-15(26-21-16)9-25-17(22)11-6-7-13(18)14(8-11)27(19,23)24/h2-8H,9H2,1H3,(H2,19,23,24). The van der Waals surface area contributed by atoms with Gasteiger partial charge in [-0.2, -0.15) is 4.98 Å². The summed E-state index contributed by atoms with van der Waals surface area (Å²) in [6.07, 6.45) is 0. The Hall–Kier alpha value is -2.75. The van der Waals surface area contributed by atoms with Crippen LogP contribution in [0.25, 0.3) is 11.4 Å². The van der Waals surface area contributed by atoms with Crippen LogP contribution >= 0.6 is 11.6 Å². The number of nitrogens with two attached hydrogens (primary N) is 1. The fourth-order valence-corrected chi connectivity index (χ4v) is 3.38. The Morgan fingerprint density at radius 1 is 1.26 bits per heavy atom. The fraction of sp³-hybridized carbons (Fsp3) is 0.118. The molecule has 140 valence electrons. The van der Waals surface area contributed by atoms with Crippen molar-refractivity contribution in [1.29, 1.82) is 0 Å². The molecule has 0 atom stereocenters. The summed E-state index contributed by atoms with van der Waals surface area (Å²) in [6, 6.07) is 11.1. The summed E-state index contributed by atoms with van der Waals surface area (Å²) in [5, 5.41) is 8.84. The topological polar surface area (TPSA) is 125 Å². The number of hydrogen-bond donors (Lipinski definition) is 1. The smallest absolute Gasteiger partial charge is 0.338 e. The van der Waals surface area contributed by atoms with Gasteiger partial charge >= 0.3 is 5.97 Å². The van der Waals surface area contributed by atoms with Gasteiger partial charge < -0.3 is 9.26 Å². The minimum absolute atomic E-state index is 0.0259. The van der Waals surface area contributed by atoms with Crippen LogP contribution in [0.2, 0.25) is 5.02 Å². The molecule has 0 amide bonds. The molecule has 0 fully saturated rings. The number of sulfonamides is 1. The molecule has 1 heterocycles. The molecule has 0 aliphatic heterocycles. The van der Waals surface area contributed by atoms with Crippen molar-refractivity contribution < 1.29 is 22.5 Å². The molecule has 3 rings (SSSR count). The van der Waals surface area contributed by atoms with Gasteiger partial charge in [0.1, 0.15) is 4.90 Å². The van der Waals surface area contributed by atoms with Crippen LogP contribution in [0.15, 0.2) is 51.9 Å². The van der Waals surface area contributed by atoms with Crippen molar-refractivity contribution in [3.05, 3.63) is 64.5 Å². The lowest BCUT2D eigenvalue weighted by atomic mass is 10.1. The van der Waals surface area contributed by atoms with Gasteiger partial charge in [0.25, 0.3) is 5.89 Å². The van der Waals surface area contributed by atoms with E-state index in [-0.39, 0.29) is 28.0 Å². The number of nitrogens with zero attached hydrogens (tertiary/aromatic N) is 2. The highest BCUT2D eigenvalue weighted by atomic mass is 35.5. The average molecular weight is 408 g/mol. The van der Waals surface area contributed by atoms with Crippen LogP contribution in [0, 0.1) is 6.92 Å². The molecule has 0 spiro atoms. The molecule has 1 aromatic heterocycles. The second kappa shape index (κ2) is 7.47. The van der Waals surface area contributed by atoms with Crippen LogP contribution in [-0.2, 0) is 21.4 Å². The zero-order chi connectivity index (χ0) is 19.6. The zero-order valence-electron chi connectivity index (χ0n) is 14.0. The Kier molecular flexibility index (Phi) is 5.26. The van der Waals surface area contributed by atoms with E-state index in [1.807, 2.05) is 31.2 Å². The molecule has 0 saturated carbocycles. The molecule has 2 aromatic carbocycles. The SMILES string of the molecule is Cc1ccccc1-c1noc(COC(=O)c2ccc(Cl)c(S(N)(=O)=O)c2)n1. The van der Waals surface area contributed by atoms with Crippen molar-refractivity contribution >= 4 is 27.6 Å². The normalized spacial score (nSPS) is 11.4. The fourth-order valence-electron chi connectivity index (χ4n) is 2.31. The summed E-state index contributed by atoms with van der Waals surface area (Å²) < 4.78 is 33.1. The molecule has 0 radical (unpaired) electrons. The largest absolute Gasteiger partial charge is 0.452 e. The van der Waals surface area contributed by atoms with Gasteiger partial charge in [-0.1, -0.05) is 41.0 Å². The number of esters is 1. The van der Waals surface area contributed by atoms with Crippen molar-refractivity contribution in [3.63, 3.8) is 0 Å². The van der Waals surface area contributed by atoms with E-state index in [1.54, 1.807) is 0 Å². The predicted molar refractivity (Wildman–Crippen MR) is 96.4 cm³/mol. The molecule has 10 heteroatoms. The summed E-state index contributed by atoms with van der Waals surface area (Å²) in [6.45, 7) is 1.64. The van der Waals surface area contributed by atoms with Crippen LogP contribution in [0.4, 0.5) is 0 Å². The Bertz CT molecular complexity index is 1110. The lowest BCUT2D eigenvalue weighted by Gasteiger charge is -2.05. The maximum Gasteiger partial charge on any atom is 0.338 e. The maximum absolute atomic E-state index is 12.1. The maximum atomic E-state index is 12.1. The first-order chi connectivity index (χ1) is 12.8. The zero-order valence-corrected chi connectivity index (χ0v) is 15.6. The summed E-state index contributed by atoms with van der Waals surface area (Å²) in [4.78, 5) is 16.0. The molecule has 0 aliphatic rings. The lowest BCUT2D eigenvalue weighted by Crippen LogP contribution is -2.14. The van der Waals surface area contributed by atoms with Gasteiger partial charge in [0, 0.05) is 5.56 Å². The number of ether oxygens (including phenoxy) is 1. The van der Waals surface area contributed by atoms with Crippen molar-refractivity contribution in [2.24, 2.45) is 5.14 Å². The van der Waals surface area contributed by atoms with E-state index in [4.69, 9.17) is 26.0 Å². The van der Waals surface area contributed by atoms with Crippen LogP contribution < -0.4 is 5.14 Å². The minimum atomic E-state index is -4.07. The molecular formula is C17H14ClN3O5S. The Morgan fingerprint density at radius 3 is 2.70 bits per heavy atom. The van der Waals surface area contributed by atoms with E-state index in [1.165, 1.54) is 12.1 Å². The number of benzene rings is 2. The number of carbonyl (C=O) groups is 1. The van der Waals surface area contributed by atoms with Gasteiger partial charge in [0.15, 0.2) is 6.61 Å².